The summed E-state index contributed by atoms with van der Waals surface area (Å²) in [7, 11) is 0. The van der Waals surface area contributed by atoms with Gasteiger partial charge in [0, 0.05) is 23.1 Å². The summed E-state index contributed by atoms with van der Waals surface area (Å²) in [4.78, 5) is 28.4. The summed E-state index contributed by atoms with van der Waals surface area (Å²) in [6.45, 7) is 0.584. The van der Waals surface area contributed by atoms with Gasteiger partial charge in [-0.15, -0.1) is 11.8 Å². The number of para-hydroxylation sites is 1. The first kappa shape index (κ1) is 20.2. The molecule has 0 saturated heterocycles. The maximum atomic E-state index is 13.1. The SMILES string of the molecule is O=C(CN1C(=O)CC(c2ccccc2)Sc2ccccc21)NCCc1ccccc1. The highest BCUT2D eigenvalue weighted by atomic mass is 32.2. The predicted molar refractivity (Wildman–Crippen MR) is 122 cm³/mol. The van der Waals surface area contributed by atoms with Crippen LogP contribution in [0.15, 0.2) is 89.8 Å². The number of hydrogen-bond acceptors (Lipinski definition) is 3. The summed E-state index contributed by atoms with van der Waals surface area (Å²) >= 11 is 1.69. The van der Waals surface area contributed by atoms with Crippen LogP contribution in [0, 0.1) is 0 Å². The Morgan fingerprint density at radius 3 is 2.37 bits per heavy atom. The van der Waals surface area contributed by atoms with Crippen LogP contribution in [-0.4, -0.2) is 24.9 Å². The lowest BCUT2D eigenvalue weighted by atomic mass is 10.1. The Hall–Kier alpha value is -3.05. The molecule has 152 valence electrons. The van der Waals surface area contributed by atoms with Crippen molar-refractivity contribution in [2.24, 2.45) is 0 Å². The number of nitrogens with zero attached hydrogens (tertiary/aromatic N) is 1. The van der Waals surface area contributed by atoms with Crippen LogP contribution in [0.4, 0.5) is 5.69 Å². The highest BCUT2D eigenvalue weighted by Gasteiger charge is 2.30. The molecule has 1 N–H and O–H groups in total. The molecule has 4 rings (SSSR count). The van der Waals surface area contributed by atoms with Gasteiger partial charge in [-0.2, -0.15) is 0 Å². The number of carbonyl (C=O) groups excluding carboxylic acids is 2. The summed E-state index contributed by atoms with van der Waals surface area (Å²) in [5.41, 5.74) is 3.11. The minimum absolute atomic E-state index is 0.0282. The summed E-state index contributed by atoms with van der Waals surface area (Å²) in [5.74, 6) is -0.170. The summed E-state index contributed by atoms with van der Waals surface area (Å²) in [5, 5.41) is 2.99. The fraction of sp³-hybridized carbons (Fsp3) is 0.200. The molecule has 1 atom stereocenters. The van der Waals surface area contributed by atoms with E-state index >= 15 is 0 Å². The lowest BCUT2D eigenvalue weighted by Crippen LogP contribution is -2.41. The van der Waals surface area contributed by atoms with Gasteiger partial charge in [-0.25, -0.2) is 0 Å². The van der Waals surface area contributed by atoms with Crippen LogP contribution in [0.25, 0.3) is 0 Å². The van der Waals surface area contributed by atoms with E-state index in [9.17, 15) is 9.59 Å². The Morgan fingerprint density at radius 1 is 0.933 bits per heavy atom. The second kappa shape index (κ2) is 9.63. The maximum absolute atomic E-state index is 13.1. The summed E-state index contributed by atoms with van der Waals surface area (Å²) < 4.78 is 0. The van der Waals surface area contributed by atoms with Crippen molar-refractivity contribution in [2.45, 2.75) is 23.0 Å². The maximum Gasteiger partial charge on any atom is 0.240 e. The average Bonchev–Trinajstić information content (AvgIpc) is 2.92. The molecule has 2 amide bonds. The van der Waals surface area contributed by atoms with E-state index in [-0.39, 0.29) is 23.6 Å². The number of rotatable bonds is 6. The van der Waals surface area contributed by atoms with Crippen molar-refractivity contribution in [3.05, 3.63) is 96.1 Å². The van der Waals surface area contributed by atoms with Crippen molar-refractivity contribution < 1.29 is 9.59 Å². The first-order valence-electron chi connectivity index (χ1n) is 10.1. The second-order valence-electron chi connectivity index (χ2n) is 7.25. The van der Waals surface area contributed by atoms with E-state index in [0.29, 0.717) is 13.0 Å². The normalized spacial score (nSPS) is 15.9. The Morgan fingerprint density at radius 2 is 1.60 bits per heavy atom. The molecule has 4 nitrogen and oxygen atoms in total. The van der Waals surface area contributed by atoms with Crippen molar-refractivity contribution in [3.8, 4) is 0 Å². The topological polar surface area (TPSA) is 49.4 Å². The molecule has 5 heteroatoms. The monoisotopic (exact) mass is 416 g/mol. The molecule has 0 aromatic heterocycles. The molecule has 0 spiro atoms. The van der Waals surface area contributed by atoms with Crippen molar-refractivity contribution in [2.75, 3.05) is 18.0 Å². The number of amides is 2. The van der Waals surface area contributed by atoms with Crippen LogP contribution in [-0.2, 0) is 16.0 Å². The first-order chi connectivity index (χ1) is 14.7. The predicted octanol–water partition coefficient (Wildman–Crippen LogP) is 4.62. The first-order valence-corrected chi connectivity index (χ1v) is 11.0. The standard InChI is InChI=1S/C25H24N2O2S/c28-24(26-16-15-19-9-3-1-4-10-19)18-27-21-13-7-8-14-22(21)30-23(17-25(27)29)20-11-5-2-6-12-20/h1-14,23H,15-18H2,(H,26,28). The molecule has 1 unspecified atom stereocenters. The molecular formula is C25H24N2O2S. The molecule has 1 aliphatic rings. The zero-order valence-electron chi connectivity index (χ0n) is 16.7. The van der Waals surface area contributed by atoms with Crippen LogP contribution >= 0.6 is 11.8 Å². The van der Waals surface area contributed by atoms with E-state index in [4.69, 9.17) is 0 Å². The summed E-state index contributed by atoms with van der Waals surface area (Å²) in [6, 6.07) is 28.0. The van der Waals surface area contributed by atoms with Gasteiger partial charge < -0.3 is 10.2 Å². The number of nitrogens with one attached hydrogen (secondary N) is 1. The Balaban J connectivity index is 1.46. The third-order valence-electron chi connectivity index (χ3n) is 5.14. The second-order valence-corrected chi connectivity index (χ2v) is 8.50. The third kappa shape index (κ3) is 4.92. The molecule has 0 saturated carbocycles. The van der Waals surface area contributed by atoms with E-state index in [1.807, 2.05) is 72.8 Å². The van der Waals surface area contributed by atoms with Crippen LogP contribution in [0.3, 0.4) is 0 Å². The fourth-order valence-electron chi connectivity index (χ4n) is 3.60. The van der Waals surface area contributed by atoms with Gasteiger partial charge in [-0.1, -0.05) is 72.8 Å². The van der Waals surface area contributed by atoms with E-state index in [2.05, 4.69) is 17.4 Å². The molecule has 1 aliphatic heterocycles. The van der Waals surface area contributed by atoms with Crippen molar-refractivity contribution in [3.63, 3.8) is 0 Å². The zero-order valence-corrected chi connectivity index (χ0v) is 17.5. The average molecular weight is 417 g/mol. The van der Waals surface area contributed by atoms with E-state index < -0.39 is 0 Å². The Kier molecular flexibility index (Phi) is 6.50. The Labute approximate surface area is 181 Å². The molecule has 3 aromatic rings. The number of fused-ring (bicyclic) bond motifs is 1. The van der Waals surface area contributed by atoms with Gasteiger partial charge in [0.15, 0.2) is 0 Å². The lowest BCUT2D eigenvalue weighted by Gasteiger charge is -2.22. The van der Waals surface area contributed by atoms with Crippen LogP contribution < -0.4 is 10.2 Å². The van der Waals surface area contributed by atoms with Crippen LogP contribution in [0.2, 0.25) is 0 Å². The van der Waals surface area contributed by atoms with Gasteiger partial charge in [0.1, 0.15) is 6.54 Å². The fourth-order valence-corrected chi connectivity index (χ4v) is 4.88. The minimum Gasteiger partial charge on any atom is -0.354 e. The van der Waals surface area contributed by atoms with Gasteiger partial charge in [-0.3, -0.25) is 9.59 Å². The molecule has 1 heterocycles. The van der Waals surface area contributed by atoms with Crippen molar-refractivity contribution >= 4 is 29.3 Å². The molecular weight excluding hydrogens is 392 g/mol. The van der Waals surface area contributed by atoms with E-state index in [0.717, 1.165) is 22.6 Å². The van der Waals surface area contributed by atoms with E-state index in [1.165, 1.54) is 5.56 Å². The van der Waals surface area contributed by atoms with E-state index in [1.54, 1.807) is 16.7 Å². The highest BCUT2D eigenvalue weighted by Crippen LogP contribution is 2.45. The van der Waals surface area contributed by atoms with Crippen LogP contribution in [0.5, 0.6) is 0 Å². The quantitative estimate of drug-likeness (QED) is 0.638. The van der Waals surface area contributed by atoms with Gasteiger partial charge in [0.2, 0.25) is 11.8 Å². The van der Waals surface area contributed by atoms with Gasteiger partial charge in [0.25, 0.3) is 0 Å². The molecule has 0 fully saturated rings. The zero-order chi connectivity index (χ0) is 20.8. The smallest absolute Gasteiger partial charge is 0.240 e. The highest BCUT2D eigenvalue weighted by molar-refractivity contribution is 7.99. The largest absolute Gasteiger partial charge is 0.354 e. The Bertz CT molecular complexity index is 1010. The minimum atomic E-state index is -0.141. The number of anilines is 1. The van der Waals surface area contributed by atoms with Gasteiger partial charge >= 0.3 is 0 Å². The van der Waals surface area contributed by atoms with Crippen LogP contribution in [0.1, 0.15) is 22.8 Å². The van der Waals surface area contributed by atoms with Gasteiger partial charge in [0.05, 0.1) is 5.69 Å². The number of carbonyl (C=O) groups is 2. The van der Waals surface area contributed by atoms with Crippen molar-refractivity contribution in [1.82, 2.24) is 5.32 Å². The molecule has 0 aliphatic carbocycles. The van der Waals surface area contributed by atoms with Crippen molar-refractivity contribution in [1.29, 1.82) is 0 Å². The molecule has 0 radical (unpaired) electrons. The number of benzene rings is 3. The number of hydrogen-bond donors (Lipinski definition) is 1. The lowest BCUT2D eigenvalue weighted by molar-refractivity contribution is -0.123. The number of thioether (sulfide) groups is 1. The molecule has 0 bridgehead atoms. The molecule has 30 heavy (non-hydrogen) atoms. The molecule has 3 aromatic carbocycles. The third-order valence-corrected chi connectivity index (χ3v) is 6.46. The summed E-state index contributed by atoms with van der Waals surface area (Å²) in [6.07, 6.45) is 1.13. The van der Waals surface area contributed by atoms with Gasteiger partial charge in [-0.05, 0) is 29.7 Å².